The van der Waals surface area contributed by atoms with E-state index in [0.717, 1.165) is 5.69 Å². The van der Waals surface area contributed by atoms with Crippen LogP contribution in [0.4, 0.5) is 8.78 Å². The maximum Gasteiger partial charge on any atom is 0.309 e. The normalized spacial score (nSPS) is 27.6. The van der Waals surface area contributed by atoms with E-state index in [-0.39, 0.29) is 30.6 Å². The Kier molecular flexibility index (Phi) is 6.34. The van der Waals surface area contributed by atoms with Gasteiger partial charge in [0.2, 0.25) is 0 Å². The minimum absolute atomic E-state index is 0.0433. The third-order valence-corrected chi connectivity index (χ3v) is 7.74. The molecule has 1 aliphatic heterocycles. The summed E-state index contributed by atoms with van der Waals surface area (Å²) in [5, 5.41) is 31.8. The van der Waals surface area contributed by atoms with E-state index in [1.165, 1.54) is 18.5 Å². The standard InChI is InChI=1S/C28H28F2N4O5/c1-16-24-26(32-14-31-16)34(15-33-24)23-12-21(35)22(39-23)13-38-18-6-4-5-17(11-18)9-10-27(37)20-8-3-2-7-19(20)25(36)28(27,29)30/h2-8,11,14-15,21-23,25,35-37H,9-10,12-13H2,1H3/t21-,22+,23+,25+,27+/m0/s1. The van der Waals surface area contributed by atoms with Crippen molar-refractivity contribution in [1.29, 1.82) is 0 Å². The van der Waals surface area contributed by atoms with Gasteiger partial charge in [0.15, 0.2) is 11.2 Å². The van der Waals surface area contributed by atoms with Gasteiger partial charge >= 0.3 is 5.92 Å². The maximum atomic E-state index is 15.0. The van der Waals surface area contributed by atoms with Gasteiger partial charge in [-0.25, -0.2) is 15.0 Å². The van der Waals surface area contributed by atoms with Crippen molar-refractivity contribution < 1.29 is 33.6 Å². The number of aliphatic hydroxyl groups excluding tert-OH is 2. The summed E-state index contributed by atoms with van der Waals surface area (Å²) in [5.74, 6) is -3.24. The quantitative estimate of drug-likeness (QED) is 0.328. The Bertz CT molecular complexity index is 1510. The lowest BCUT2D eigenvalue weighted by atomic mass is 9.86. The zero-order valence-electron chi connectivity index (χ0n) is 21.1. The first kappa shape index (κ1) is 25.8. The molecule has 2 aromatic heterocycles. The van der Waals surface area contributed by atoms with Crippen LogP contribution in [0, 0.1) is 6.92 Å². The van der Waals surface area contributed by atoms with Gasteiger partial charge in [-0.15, -0.1) is 0 Å². The lowest BCUT2D eigenvalue weighted by Crippen LogP contribution is -2.44. The van der Waals surface area contributed by atoms with Gasteiger partial charge in [-0.2, -0.15) is 8.78 Å². The van der Waals surface area contributed by atoms with Crippen LogP contribution in [0.15, 0.2) is 61.2 Å². The number of aliphatic hydroxyl groups is 3. The molecule has 0 unspecified atom stereocenters. The molecule has 204 valence electrons. The molecule has 0 amide bonds. The third kappa shape index (κ3) is 4.26. The number of halogens is 2. The Labute approximate surface area is 222 Å². The Hall–Kier alpha value is -3.51. The smallest absolute Gasteiger partial charge is 0.309 e. The number of rotatable bonds is 7. The molecule has 5 atom stereocenters. The largest absolute Gasteiger partial charge is 0.491 e. The molecule has 1 saturated heterocycles. The van der Waals surface area contributed by atoms with Gasteiger partial charge in [-0.3, -0.25) is 4.57 Å². The minimum atomic E-state index is -3.72. The van der Waals surface area contributed by atoms with E-state index < -0.39 is 36.1 Å². The van der Waals surface area contributed by atoms with Gasteiger partial charge in [0.1, 0.15) is 42.6 Å². The molecule has 4 aromatic rings. The second-order valence-corrected chi connectivity index (χ2v) is 10.1. The van der Waals surface area contributed by atoms with Gasteiger partial charge in [0.25, 0.3) is 0 Å². The number of fused-ring (bicyclic) bond motifs is 2. The predicted octanol–water partition coefficient (Wildman–Crippen LogP) is 3.36. The van der Waals surface area contributed by atoms with Crippen LogP contribution < -0.4 is 4.74 Å². The van der Waals surface area contributed by atoms with Crippen LogP contribution in [0.3, 0.4) is 0 Å². The topological polar surface area (TPSA) is 123 Å². The Morgan fingerprint density at radius 1 is 1.10 bits per heavy atom. The van der Waals surface area contributed by atoms with E-state index in [2.05, 4.69) is 15.0 Å². The van der Waals surface area contributed by atoms with E-state index >= 15 is 0 Å². The van der Waals surface area contributed by atoms with Crippen molar-refractivity contribution in [1.82, 2.24) is 19.5 Å². The molecular weight excluding hydrogens is 510 g/mol. The number of hydrogen-bond acceptors (Lipinski definition) is 8. The zero-order chi connectivity index (χ0) is 27.4. The fraction of sp³-hybridized carbons (Fsp3) is 0.393. The van der Waals surface area contributed by atoms with Crippen LogP contribution in [0.5, 0.6) is 5.75 Å². The molecule has 3 N–H and O–H groups in total. The molecular formula is C28H28F2N4O5. The van der Waals surface area contributed by atoms with Crippen LogP contribution in [-0.4, -0.2) is 59.6 Å². The average Bonchev–Trinajstić information content (AvgIpc) is 3.57. The summed E-state index contributed by atoms with van der Waals surface area (Å²) >= 11 is 0. The summed E-state index contributed by atoms with van der Waals surface area (Å²) in [6.45, 7) is 1.92. The summed E-state index contributed by atoms with van der Waals surface area (Å²) in [4.78, 5) is 12.8. The van der Waals surface area contributed by atoms with Crippen molar-refractivity contribution in [2.45, 2.75) is 62.2 Å². The molecule has 2 aromatic carbocycles. The first-order chi connectivity index (χ1) is 18.7. The number of nitrogens with zero attached hydrogens (tertiary/aromatic N) is 4. The fourth-order valence-electron chi connectivity index (χ4n) is 5.52. The predicted molar refractivity (Wildman–Crippen MR) is 135 cm³/mol. The van der Waals surface area contributed by atoms with Crippen molar-refractivity contribution in [2.24, 2.45) is 0 Å². The van der Waals surface area contributed by atoms with E-state index in [4.69, 9.17) is 9.47 Å². The van der Waals surface area contributed by atoms with Gasteiger partial charge < -0.3 is 24.8 Å². The third-order valence-electron chi connectivity index (χ3n) is 7.74. The fourth-order valence-corrected chi connectivity index (χ4v) is 5.52. The number of aromatic nitrogens is 4. The zero-order valence-corrected chi connectivity index (χ0v) is 21.1. The van der Waals surface area contributed by atoms with Crippen molar-refractivity contribution in [3.05, 3.63) is 83.6 Å². The molecule has 0 bridgehead atoms. The molecule has 1 fully saturated rings. The summed E-state index contributed by atoms with van der Waals surface area (Å²) in [6.07, 6.45) is -0.646. The molecule has 11 heteroatoms. The Morgan fingerprint density at radius 2 is 1.92 bits per heavy atom. The summed E-state index contributed by atoms with van der Waals surface area (Å²) in [7, 11) is 0. The highest BCUT2D eigenvalue weighted by molar-refractivity contribution is 5.72. The molecule has 0 radical (unpaired) electrons. The lowest BCUT2D eigenvalue weighted by molar-refractivity contribution is -0.226. The molecule has 2 aliphatic rings. The Morgan fingerprint density at radius 3 is 2.77 bits per heavy atom. The van der Waals surface area contributed by atoms with Crippen molar-refractivity contribution in [3.8, 4) is 5.75 Å². The highest BCUT2D eigenvalue weighted by Gasteiger charge is 2.64. The molecule has 1 aliphatic carbocycles. The van der Waals surface area contributed by atoms with E-state index in [0.29, 0.717) is 28.9 Å². The monoisotopic (exact) mass is 538 g/mol. The van der Waals surface area contributed by atoms with Crippen LogP contribution in [0.2, 0.25) is 0 Å². The number of aryl methyl sites for hydroxylation is 2. The van der Waals surface area contributed by atoms with Gasteiger partial charge in [-0.1, -0.05) is 36.4 Å². The summed E-state index contributed by atoms with van der Waals surface area (Å²) in [6, 6.07) is 12.9. The van der Waals surface area contributed by atoms with E-state index in [1.807, 2.05) is 6.92 Å². The molecule has 39 heavy (non-hydrogen) atoms. The maximum absolute atomic E-state index is 15.0. The number of hydrogen-bond donors (Lipinski definition) is 3. The van der Waals surface area contributed by atoms with E-state index in [1.54, 1.807) is 47.3 Å². The van der Waals surface area contributed by atoms with Crippen molar-refractivity contribution in [2.75, 3.05) is 6.61 Å². The molecule has 0 spiro atoms. The summed E-state index contributed by atoms with van der Waals surface area (Å²) < 4.78 is 43.6. The molecule has 6 rings (SSSR count). The first-order valence-electron chi connectivity index (χ1n) is 12.8. The van der Waals surface area contributed by atoms with Crippen molar-refractivity contribution in [3.63, 3.8) is 0 Å². The molecule has 3 heterocycles. The second-order valence-electron chi connectivity index (χ2n) is 10.1. The molecule has 9 nitrogen and oxygen atoms in total. The Balaban J connectivity index is 1.11. The van der Waals surface area contributed by atoms with Gasteiger partial charge in [-0.05, 0) is 48.6 Å². The van der Waals surface area contributed by atoms with Crippen LogP contribution in [0.1, 0.15) is 47.6 Å². The van der Waals surface area contributed by atoms with Gasteiger partial charge in [0.05, 0.1) is 18.1 Å². The number of alkyl halides is 2. The number of ether oxygens (including phenoxy) is 2. The average molecular weight is 539 g/mol. The van der Waals surface area contributed by atoms with Crippen LogP contribution in [-0.2, 0) is 16.8 Å². The minimum Gasteiger partial charge on any atom is -0.491 e. The highest BCUT2D eigenvalue weighted by Crippen LogP contribution is 2.56. The summed E-state index contributed by atoms with van der Waals surface area (Å²) in [5.41, 5.74) is 0.328. The highest BCUT2D eigenvalue weighted by atomic mass is 19.3. The van der Waals surface area contributed by atoms with Crippen LogP contribution in [0.25, 0.3) is 11.2 Å². The SMILES string of the molecule is Cc1ncnc2c1ncn2[C@H]1C[C@H](O)[C@@H](COc2cccc(CC[C@@]3(O)c4ccccc4[C@@H](O)C3(F)F)c2)O1. The first-order valence-corrected chi connectivity index (χ1v) is 12.8. The number of imidazole rings is 1. The molecule has 0 saturated carbocycles. The lowest BCUT2D eigenvalue weighted by Gasteiger charge is -2.32. The van der Waals surface area contributed by atoms with E-state index in [9.17, 15) is 24.1 Å². The second kappa shape index (κ2) is 9.60. The number of benzene rings is 2. The van der Waals surface area contributed by atoms with Gasteiger partial charge in [0, 0.05) is 6.42 Å². The van der Waals surface area contributed by atoms with Crippen molar-refractivity contribution >= 4 is 11.2 Å². The van der Waals surface area contributed by atoms with Crippen LogP contribution >= 0.6 is 0 Å².